The van der Waals surface area contributed by atoms with Crippen LogP contribution in [0.25, 0.3) is 0 Å². The largest absolute Gasteiger partial charge is 0.491 e. The van der Waals surface area contributed by atoms with Crippen LogP contribution in [0.4, 0.5) is 5.69 Å². The Kier molecular flexibility index (Phi) is 3.54. The van der Waals surface area contributed by atoms with Crippen molar-refractivity contribution in [2.75, 3.05) is 12.3 Å². The third kappa shape index (κ3) is 2.91. The summed E-state index contributed by atoms with van der Waals surface area (Å²) in [5.74, 6) is 0.663. The van der Waals surface area contributed by atoms with Gasteiger partial charge in [0.05, 0.1) is 12.3 Å². The van der Waals surface area contributed by atoms with Gasteiger partial charge < -0.3 is 10.5 Å². The molecule has 0 aliphatic carbocycles. The molecule has 2 N–H and O–H groups in total. The summed E-state index contributed by atoms with van der Waals surface area (Å²) in [5, 5.41) is 4.70. The minimum Gasteiger partial charge on any atom is -0.491 e. The Morgan fingerprint density at radius 2 is 2.24 bits per heavy atom. The van der Waals surface area contributed by atoms with E-state index in [0.29, 0.717) is 23.1 Å². The van der Waals surface area contributed by atoms with Gasteiger partial charge in [-0.05, 0) is 24.3 Å². The summed E-state index contributed by atoms with van der Waals surface area (Å²) in [6.07, 6.45) is 2.56. The zero-order chi connectivity index (χ0) is 12.3. The minimum atomic E-state index is 0.558. The van der Waals surface area contributed by atoms with Gasteiger partial charge in [-0.25, -0.2) is 0 Å². The summed E-state index contributed by atoms with van der Waals surface area (Å²) < 4.78 is 7.42. The number of nitrogens with zero attached hydrogens (tertiary/aromatic N) is 2. The Bertz CT molecular complexity index is 510. The molecule has 1 aromatic carbocycles. The maximum atomic E-state index is 5.81. The van der Waals surface area contributed by atoms with Crippen LogP contribution in [0.3, 0.4) is 0 Å². The fourth-order valence-corrected chi connectivity index (χ4v) is 1.74. The van der Waals surface area contributed by atoms with E-state index in [-0.39, 0.29) is 0 Å². The summed E-state index contributed by atoms with van der Waals surface area (Å²) in [7, 11) is 1.91. The first-order valence-corrected chi connectivity index (χ1v) is 5.69. The van der Waals surface area contributed by atoms with E-state index in [9.17, 15) is 0 Å². The number of hydrogen-bond donors (Lipinski definition) is 1. The molecule has 17 heavy (non-hydrogen) atoms. The van der Waals surface area contributed by atoms with Crippen molar-refractivity contribution < 1.29 is 4.74 Å². The van der Waals surface area contributed by atoms with Gasteiger partial charge in [-0.2, -0.15) is 5.10 Å². The molecule has 0 bridgehead atoms. The zero-order valence-corrected chi connectivity index (χ0v) is 10.3. The number of nitrogen functional groups attached to an aromatic ring is 1. The number of ether oxygens (including phenoxy) is 1. The van der Waals surface area contributed by atoms with Gasteiger partial charge >= 0.3 is 0 Å². The van der Waals surface area contributed by atoms with Crippen LogP contribution in [0.5, 0.6) is 5.75 Å². The molecule has 4 nitrogen and oxygen atoms in total. The number of nitrogens with two attached hydrogens (primary N) is 1. The molecule has 0 spiro atoms. The molecule has 0 radical (unpaired) electrons. The molecule has 0 atom stereocenters. The maximum absolute atomic E-state index is 5.81. The van der Waals surface area contributed by atoms with E-state index in [1.165, 1.54) is 0 Å². The van der Waals surface area contributed by atoms with Gasteiger partial charge in [-0.15, -0.1) is 0 Å². The first kappa shape index (κ1) is 11.8. The Morgan fingerprint density at radius 3 is 2.88 bits per heavy atom. The molecule has 5 heteroatoms. The average molecular weight is 252 g/mol. The highest BCUT2D eigenvalue weighted by Gasteiger charge is 2.02. The summed E-state index contributed by atoms with van der Waals surface area (Å²) in [6.45, 7) is 0.561. The van der Waals surface area contributed by atoms with Gasteiger partial charge in [-0.3, -0.25) is 4.68 Å². The maximum Gasteiger partial charge on any atom is 0.142 e. The van der Waals surface area contributed by atoms with E-state index in [0.717, 1.165) is 12.1 Å². The number of benzene rings is 1. The van der Waals surface area contributed by atoms with E-state index in [1.807, 2.05) is 17.8 Å². The number of anilines is 1. The second-order valence-electron chi connectivity index (χ2n) is 3.73. The van der Waals surface area contributed by atoms with E-state index < -0.39 is 0 Å². The van der Waals surface area contributed by atoms with Crippen LogP contribution < -0.4 is 10.5 Å². The summed E-state index contributed by atoms with van der Waals surface area (Å²) >= 11 is 5.81. The molecule has 90 valence electrons. The quantitative estimate of drug-likeness (QED) is 0.849. The van der Waals surface area contributed by atoms with E-state index >= 15 is 0 Å². The summed E-state index contributed by atoms with van der Waals surface area (Å²) in [6, 6.07) is 7.19. The number of rotatable bonds is 4. The molecule has 2 rings (SSSR count). The van der Waals surface area contributed by atoms with Gasteiger partial charge in [0.2, 0.25) is 0 Å². The molecule has 0 aliphatic heterocycles. The van der Waals surface area contributed by atoms with Crippen molar-refractivity contribution in [3.8, 4) is 5.75 Å². The minimum absolute atomic E-state index is 0.558. The second kappa shape index (κ2) is 5.10. The lowest BCUT2D eigenvalue weighted by molar-refractivity contribution is 0.320. The smallest absolute Gasteiger partial charge is 0.142 e. The Morgan fingerprint density at radius 1 is 1.41 bits per heavy atom. The fourth-order valence-electron chi connectivity index (χ4n) is 1.56. The van der Waals surface area contributed by atoms with Crippen molar-refractivity contribution in [3.63, 3.8) is 0 Å². The standard InChI is InChI=1S/C12H14ClN3O/c1-16-10(4-6-15-16)5-7-17-12-3-2-9(13)8-11(12)14/h2-4,6,8H,5,7,14H2,1H3. The zero-order valence-electron chi connectivity index (χ0n) is 9.56. The van der Waals surface area contributed by atoms with E-state index in [2.05, 4.69) is 5.10 Å². The highest BCUT2D eigenvalue weighted by atomic mass is 35.5. The molecule has 0 saturated carbocycles. The third-order valence-electron chi connectivity index (χ3n) is 2.51. The first-order valence-electron chi connectivity index (χ1n) is 5.31. The molecular weight excluding hydrogens is 238 g/mol. The number of aryl methyl sites for hydroxylation is 1. The molecule has 0 unspecified atom stereocenters. The van der Waals surface area contributed by atoms with Crippen molar-refractivity contribution >= 4 is 17.3 Å². The van der Waals surface area contributed by atoms with Gasteiger partial charge in [0.25, 0.3) is 0 Å². The molecule has 1 heterocycles. The summed E-state index contributed by atoms with van der Waals surface area (Å²) in [5.41, 5.74) is 7.46. The van der Waals surface area contributed by atoms with Crippen molar-refractivity contribution in [1.29, 1.82) is 0 Å². The fraction of sp³-hybridized carbons (Fsp3) is 0.250. The van der Waals surface area contributed by atoms with Gasteiger partial charge in [-0.1, -0.05) is 11.6 Å². The monoisotopic (exact) mass is 251 g/mol. The van der Waals surface area contributed by atoms with Crippen LogP contribution in [0.2, 0.25) is 5.02 Å². The van der Waals surface area contributed by atoms with Crippen molar-refractivity contribution in [1.82, 2.24) is 9.78 Å². The lowest BCUT2D eigenvalue weighted by atomic mass is 10.3. The predicted octanol–water partition coefficient (Wildman–Crippen LogP) is 2.28. The van der Waals surface area contributed by atoms with E-state index in [1.54, 1.807) is 24.4 Å². The van der Waals surface area contributed by atoms with Gasteiger partial charge in [0, 0.05) is 30.4 Å². The highest BCUT2D eigenvalue weighted by molar-refractivity contribution is 6.30. The summed E-state index contributed by atoms with van der Waals surface area (Å²) in [4.78, 5) is 0. The van der Waals surface area contributed by atoms with Crippen molar-refractivity contribution in [3.05, 3.63) is 41.2 Å². The lowest BCUT2D eigenvalue weighted by Gasteiger charge is -2.09. The predicted molar refractivity (Wildman–Crippen MR) is 68.3 cm³/mol. The van der Waals surface area contributed by atoms with Crippen LogP contribution in [0.15, 0.2) is 30.5 Å². The van der Waals surface area contributed by atoms with Crippen LogP contribution in [-0.2, 0) is 13.5 Å². The Labute approximate surface area is 105 Å². The topological polar surface area (TPSA) is 53.1 Å². The SMILES string of the molecule is Cn1nccc1CCOc1ccc(Cl)cc1N. The second-order valence-corrected chi connectivity index (χ2v) is 4.16. The Hall–Kier alpha value is -1.68. The molecular formula is C12H14ClN3O. The molecule has 0 aliphatic rings. The molecule has 0 saturated heterocycles. The molecule has 1 aromatic heterocycles. The normalized spacial score (nSPS) is 10.5. The molecule has 0 fully saturated rings. The van der Waals surface area contributed by atoms with Crippen LogP contribution in [0.1, 0.15) is 5.69 Å². The van der Waals surface area contributed by atoms with Gasteiger partial charge in [0.15, 0.2) is 0 Å². The van der Waals surface area contributed by atoms with Crippen molar-refractivity contribution in [2.45, 2.75) is 6.42 Å². The van der Waals surface area contributed by atoms with Crippen molar-refractivity contribution in [2.24, 2.45) is 7.05 Å². The van der Waals surface area contributed by atoms with Crippen LogP contribution in [-0.4, -0.2) is 16.4 Å². The first-order chi connectivity index (χ1) is 8.16. The molecule has 2 aromatic rings. The highest BCUT2D eigenvalue weighted by Crippen LogP contribution is 2.24. The van der Waals surface area contributed by atoms with E-state index in [4.69, 9.17) is 22.1 Å². The number of hydrogen-bond acceptors (Lipinski definition) is 3. The third-order valence-corrected chi connectivity index (χ3v) is 2.75. The number of halogens is 1. The lowest BCUT2D eigenvalue weighted by Crippen LogP contribution is -2.06. The van der Waals surface area contributed by atoms with Gasteiger partial charge in [0.1, 0.15) is 5.75 Å². The Balaban J connectivity index is 1.92. The van der Waals surface area contributed by atoms with Crippen LogP contribution in [0, 0.1) is 0 Å². The average Bonchev–Trinajstić information content (AvgIpc) is 2.68. The molecule has 0 amide bonds. The van der Waals surface area contributed by atoms with Crippen LogP contribution >= 0.6 is 11.6 Å². The number of aromatic nitrogens is 2.